The van der Waals surface area contributed by atoms with Crippen molar-refractivity contribution in [1.29, 1.82) is 0 Å². The van der Waals surface area contributed by atoms with E-state index in [4.69, 9.17) is 21.4 Å². The van der Waals surface area contributed by atoms with Crippen LogP contribution in [0.25, 0.3) is 17.1 Å². The van der Waals surface area contributed by atoms with Gasteiger partial charge in [0.15, 0.2) is 11.0 Å². The summed E-state index contributed by atoms with van der Waals surface area (Å²) >= 11 is 7.43. The topological polar surface area (TPSA) is 60.2 Å². The fraction of sp³-hybridized carbons (Fsp3) is 0.176. The molecule has 24 heavy (non-hydrogen) atoms. The van der Waals surface area contributed by atoms with Crippen LogP contribution in [0.4, 0.5) is 0 Å². The van der Waals surface area contributed by atoms with E-state index >= 15 is 0 Å². The van der Waals surface area contributed by atoms with Crippen LogP contribution in [0.2, 0.25) is 5.02 Å². The maximum absolute atomic E-state index is 9.10. The summed E-state index contributed by atoms with van der Waals surface area (Å²) in [7, 11) is 1.63. The number of benzene rings is 2. The third kappa shape index (κ3) is 3.56. The Kier molecular flexibility index (Phi) is 5.40. The van der Waals surface area contributed by atoms with Crippen molar-refractivity contribution in [2.24, 2.45) is 0 Å². The van der Waals surface area contributed by atoms with Crippen molar-refractivity contribution < 1.29 is 9.84 Å². The molecule has 7 heteroatoms. The number of methoxy groups -OCH3 is 1. The lowest BCUT2D eigenvalue weighted by molar-refractivity contribution is 0.322. The second-order valence-corrected chi connectivity index (χ2v) is 6.42. The third-order valence-corrected chi connectivity index (χ3v) is 4.55. The van der Waals surface area contributed by atoms with E-state index in [1.54, 1.807) is 7.11 Å². The number of aliphatic hydroxyl groups is 1. The van der Waals surface area contributed by atoms with Crippen molar-refractivity contribution >= 4 is 23.4 Å². The molecule has 0 atom stereocenters. The molecule has 0 amide bonds. The summed E-state index contributed by atoms with van der Waals surface area (Å²) < 4.78 is 7.18. The molecule has 0 unspecified atom stereocenters. The van der Waals surface area contributed by atoms with E-state index in [-0.39, 0.29) is 6.61 Å². The van der Waals surface area contributed by atoms with Crippen molar-refractivity contribution in [2.75, 3.05) is 19.5 Å². The maximum atomic E-state index is 9.10. The zero-order valence-corrected chi connectivity index (χ0v) is 14.6. The lowest BCUT2D eigenvalue weighted by atomic mass is 10.2. The van der Waals surface area contributed by atoms with E-state index in [9.17, 15) is 0 Å². The van der Waals surface area contributed by atoms with Gasteiger partial charge in [0.05, 0.1) is 13.7 Å². The number of hydrogen-bond acceptors (Lipinski definition) is 5. The molecule has 0 aliphatic heterocycles. The van der Waals surface area contributed by atoms with E-state index in [1.165, 1.54) is 11.8 Å². The summed E-state index contributed by atoms with van der Waals surface area (Å²) in [4.78, 5) is 0. The zero-order chi connectivity index (χ0) is 16.9. The fourth-order valence-corrected chi connectivity index (χ4v) is 3.07. The number of nitrogens with zero attached hydrogens (tertiary/aromatic N) is 3. The van der Waals surface area contributed by atoms with E-state index in [0.29, 0.717) is 10.8 Å². The second kappa shape index (κ2) is 7.70. The molecule has 0 saturated carbocycles. The molecule has 1 aromatic heterocycles. The Morgan fingerprint density at radius 2 is 1.79 bits per heavy atom. The molecule has 3 aromatic rings. The molecule has 5 nitrogen and oxygen atoms in total. The lowest BCUT2D eigenvalue weighted by Gasteiger charge is -2.11. The van der Waals surface area contributed by atoms with Crippen LogP contribution in [0, 0.1) is 0 Å². The number of ether oxygens (including phenoxy) is 1. The van der Waals surface area contributed by atoms with Crippen molar-refractivity contribution in [2.45, 2.75) is 5.16 Å². The predicted octanol–water partition coefficient (Wildman–Crippen LogP) is 3.68. The fourth-order valence-electron chi connectivity index (χ4n) is 2.25. The zero-order valence-electron chi connectivity index (χ0n) is 13.0. The number of hydrogen-bond donors (Lipinski definition) is 1. The number of rotatable bonds is 6. The molecule has 0 bridgehead atoms. The summed E-state index contributed by atoms with van der Waals surface area (Å²) in [5, 5.41) is 19.1. The van der Waals surface area contributed by atoms with Crippen LogP contribution in [-0.4, -0.2) is 39.3 Å². The first kappa shape index (κ1) is 16.8. The predicted molar refractivity (Wildman–Crippen MR) is 96.2 cm³/mol. The monoisotopic (exact) mass is 361 g/mol. The first-order valence-corrected chi connectivity index (χ1v) is 8.68. The Morgan fingerprint density at radius 1 is 1.08 bits per heavy atom. The van der Waals surface area contributed by atoms with Gasteiger partial charge in [0.1, 0.15) is 5.75 Å². The van der Waals surface area contributed by atoms with Crippen molar-refractivity contribution in [1.82, 2.24) is 14.8 Å². The Labute approximate surface area is 149 Å². The Bertz CT molecular complexity index is 804. The van der Waals surface area contributed by atoms with Crippen molar-refractivity contribution in [3.8, 4) is 22.8 Å². The highest BCUT2D eigenvalue weighted by atomic mass is 35.5. The molecule has 0 spiro atoms. The van der Waals surface area contributed by atoms with Crippen LogP contribution in [0.1, 0.15) is 0 Å². The molecule has 0 saturated heterocycles. The van der Waals surface area contributed by atoms with Gasteiger partial charge >= 0.3 is 0 Å². The number of aliphatic hydroxyl groups excluding tert-OH is 1. The van der Waals surface area contributed by atoms with E-state index in [1.807, 2.05) is 53.1 Å². The number of thioether (sulfide) groups is 1. The molecule has 0 aliphatic rings. The summed E-state index contributed by atoms with van der Waals surface area (Å²) in [6.45, 7) is 0.0798. The minimum atomic E-state index is 0.0798. The van der Waals surface area contributed by atoms with Crippen LogP contribution in [0.5, 0.6) is 5.75 Å². The molecule has 124 valence electrons. The maximum Gasteiger partial charge on any atom is 0.196 e. The molecule has 0 aliphatic carbocycles. The van der Waals surface area contributed by atoms with Crippen LogP contribution in [0.15, 0.2) is 53.7 Å². The van der Waals surface area contributed by atoms with Crippen molar-refractivity contribution in [3.05, 3.63) is 53.6 Å². The minimum Gasteiger partial charge on any atom is -0.497 e. The van der Waals surface area contributed by atoms with Crippen LogP contribution in [0.3, 0.4) is 0 Å². The molecule has 0 fully saturated rings. The summed E-state index contributed by atoms with van der Waals surface area (Å²) in [5.74, 6) is 2.05. The Hall–Kier alpha value is -2.02. The van der Waals surface area contributed by atoms with Gasteiger partial charge in [-0.2, -0.15) is 0 Å². The Morgan fingerprint density at radius 3 is 2.42 bits per heavy atom. The number of halogens is 1. The van der Waals surface area contributed by atoms with Gasteiger partial charge in [-0.25, -0.2) is 0 Å². The highest BCUT2D eigenvalue weighted by Gasteiger charge is 2.16. The SMILES string of the molecule is COc1ccc(-n2c(SCCO)nnc2-c2ccc(Cl)cc2)cc1. The van der Waals surface area contributed by atoms with Gasteiger partial charge in [-0.3, -0.25) is 4.57 Å². The molecular formula is C17H16ClN3O2S. The molecule has 1 N–H and O–H groups in total. The summed E-state index contributed by atoms with van der Waals surface area (Å²) in [5.41, 5.74) is 1.84. The standard InChI is InChI=1S/C17H16ClN3O2S/c1-23-15-8-6-14(7-9-15)21-16(12-2-4-13(18)5-3-12)19-20-17(21)24-11-10-22/h2-9,22H,10-11H2,1H3. The third-order valence-electron chi connectivity index (χ3n) is 3.39. The van der Waals surface area contributed by atoms with Crippen LogP contribution >= 0.6 is 23.4 Å². The minimum absolute atomic E-state index is 0.0798. The molecule has 3 rings (SSSR count). The van der Waals surface area contributed by atoms with Gasteiger partial charge < -0.3 is 9.84 Å². The van der Waals surface area contributed by atoms with Gasteiger partial charge in [-0.05, 0) is 48.5 Å². The first-order chi connectivity index (χ1) is 11.7. The van der Waals surface area contributed by atoms with Crippen LogP contribution < -0.4 is 4.74 Å². The average Bonchev–Trinajstić information content (AvgIpc) is 3.04. The van der Waals surface area contributed by atoms with E-state index in [0.717, 1.165) is 28.0 Å². The largest absolute Gasteiger partial charge is 0.497 e. The van der Waals surface area contributed by atoms with E-state index < -0.39 is 0 Å². The van der Waals surface area contributed by atoms with Gasteiger partial charge in [0.2, 0.25) is 0 Å². The van der Waals surface area contributed by atoms with Crippen molar-refractivity contribution in [3.63, 3.8) is 0 Å². The number of aromatic nitrogens is 3. The quantitative estimate of drug-likeness (QED) is 0.678. The molecule has 0 radical (unpaired) electrons. The summed E-state index contributed by atoms with van der Waals surface area (Å²) in [6.07, 6.45) is 0. The average molecular weight is 362 g/mol. The second-order valence-electron chi connectivity index (χ2n) is 4.92. The van der Waals surface area contributed by atoms with Gasteiger partial charge in [0.25, 0.3) is 0 Å². The highest BCUT2D eigenvalue weighted by Crippen LogP contribution is 2.29. The Balaban J connectivity index is 2.08. The highest BCUT2D eigenvalue weighted by molar-refractivity contribution is 7.99. The van der Waals surface area contributed by atoms with Gasteiger partial charge in [-0.15, -0.1) is 10.2 Å². The van der Waals surface area contributed by atoms with Gasteiger partial charge in [0, 0.05) is 22.0 Å². The molecular weight excluding hydrogens is 346 g/mol. The first-order valence-electron chi connectivity index (χ1n) is 7.32. The van der Waals surface area contributed by atoms with Crippen LogP contribution in [-0.2, 0) is 0 Å². The van der Waals surface area contributed by atoms with E-state index in [2.05, 4.69) is 10.2 Å². The molecule has 2 aromatic carbocycles. The smallest absolute Gasteiger partial charge is 0.196 e. The summed E-state index contributed by atoms with van der Waals surface area (Å²) in [6, 6.07) is 15.1. The normalized spacial score (nSPS) is 10.8. The van der Waals surface area contributed by atoms with Gasteiger partial charge in [-0.1, -0.05) is 23.4 Å². The molecule has 1 heterocycles. The lowest BCUT2D eigenvalue weighted by Crippen LogP contribution is -2.00.